The summed E-state index contributed by atoms with van der Waals surface area (Å²) >= 11 is 0. The van der Waals surface area contributed by atoms with Gasteiger partial charge in [0.1, 0.15) is 5.75 Å². The smallest absolute Gasteiger partial charge is 1.00 e. The number of aromatic nitrogens is 1. The van der Waals surface area contributed by atoms with Gasteiger partial charge in [-0.05, 0) is 24.3 Å². The molecule has 0 amide bonds. The Labute approximate surface area is 122 Å². The van der Waals surface area contributed by atoms with Crippen LogP contribution in [0, 0.1) is 0 Å². The molecule has 0 aliphatic heterocycles. The van der Waals surface area contributed by atoms with Crippen molar-refractivity contribution in [3.05, 3.63) is 36.5 Å². The Morgan fingerprint density at radius 3 is 2.20 bits per heavy atom. The van der Waals surface area contributed by atoms with Crippen molar-refractivity contribution in [1.82, 2.24) is 4.98 Å². The molecule has 0 spiro atoms. The maximum Gasteiger partial charge on any atom is 3.00 e. The molecule has 1 aromatic carbocycles. The van der Waals surface area contributed by atoms with Crippen molar-refractivity contribution in [2.45, 2.75) is 0 Å². The molecule has 2 nitrogen and oxygen atoms in total. The van der Waals surface area contributed by atoms with Crippen LogP contribution in [0.4, 0.5) is 0 Å². The van der Waals surface area contributed by atoms with Crippen LogP contribution in [0.2, 0.25) is 0 Å². The Morgan fingerprint density at radius 2 is 1.60 bits per heavy atom. The van der Waals surface area contributed by atoms with E-state index in [0.29, 0.717) is 0 Å². The molecule has 0 fully saturated rings. The number of phenolic OH excluding ortho intramolecular Hbond substituents is 1. The molecule has 1 N–H and O–H groups in total. The second-order valence-electron chi connectivity index (χ2n) is 2.35. The molecule has 2 aromatic rings. The fourth-order valence-electron chi connectivity index (χ4n) is 1.09. The van der Waals surface area contributed by atoms with E-state index in [2.05, 4.69) is 4.98 Å². The van der Waals surface area contributed by atoms with Gasteiger partial charge in [0.2, 0.25) is 0 Å². The number of phenols is 1. The molecule has 0 aliphatic carbocycles. The number of nitrogens with zero attached hydrogens (tertiary/aromatic N) is 1. The van der Waals surface area contributed by atoms with Crippen LogP contribution in [0.3, 0.4) is 0 Å². The number of aromatic hydroxyl groups is 1. The molecule has 0 bridgehead atoms. The summed E-state index contributed by atoms with van der Waals surface area (Å²) in [5.74, 6) is 0.288. The van der Waals surface area contributed by atoms with Crippen molar-refractivity contribution in [3.63, 3.8) is 0 Å². The second-order valence-corrected chi connectivity index (χ2v) is 2.35. The fourth-order valence-corrected chi connectivity index (χ4v) is 1.09. The topological polar surface area (TPSA) is 33.1 Å². The van der Waals surface area contributed by atoms with Crippen LogP contribution in [0.1, 0.15) is 0 Å². The van der Waals surface area contributed by atoms with Crippen molar-refractivity contribution < 1.29 is 64.0 Å². The molecule has 1 heterocycles. The third kappa shape index (κ3) is 4.58. The number of rotatable bonds is 0. The maximum absolute atomic E-state index is 9.33. The van der Waals surface area contributed by atoms with Gasteiger partial charge in [0.25, 0.3) is 0 Å². The molecular weight excluding hydrogens is 292 g/mol. The molecule has 2 rings (SSSR count). The normalized spacial score (nSPS) is 7.47. The predicted octanol–water partition coefficient (Wildman–Crippen LogP) is -7.05. The first-order valence-corrected chi connectivity index (χ1v) is 3.40. The number of benzene rings is 1. The summed E-state index contributed by atoms with van der Waals surface area (Å²) < 4.78 is 0. The van der Waals surface area contributed by atoms with E-state index in [4.69, 9.17) is 0 Å². The van der Waals surface area contributed by atoms with Gasteiger partial charge in [0.05, 0.1) is 5.52 Å². The SMILES string of the molecule is Oc1cccc2ncccc12.[Cl-].[Cl-].[Cl-].[Ti+3]. The van der Waals surface area contributed by atoms with Gasteiger partial charge in [0.15, 0.2) is 0 Å². The monoisotopic (exact) mass is 298 g/mol. The van der Waals surface area contributed by atoms with Gasteiger partial charge in [-0.2, -0.15) is 0 Å². The van der Waals surface area contributed by atoms with Crippen LogP contribution < -0.4 is 37.2 Å². The minimum atomic E-state index is 0. The average molecular weight is 299 g/mol. The zero-order chi connectivity index (χ0) is 7.68. The first-order chi connectivity index (χ1) is 5.38. The molecule has 6 heteroatoms. The van der Waals surface area contributed by atoms with Gasteiger partial charge in [-0.15, -0.1) is 0 Å². The predicted molar refractivity (Wildman–Crippen MR) is 43.4 cm³/mol. The van der Waals surface area contributed by atoms with Gasteiger partial charge in [-0.1, -0.05) is 6.07 Å². The molecule has 79 valence electrons. The molecule has 15 heavy (non-hydrogen) atoms. The number of halogens is 3. The van der Waals surface area contributed by atoms with Gasteiger partial charge in [-0.3, -0.25) is 4.98 Å². The summed E-state index contributed by atoms with van der Waals surface area (Å²) in [5, 5.41) is 10.1. The number of pyridine rings is 1. The van der Waals surface area contributed by atoms with Crippen molar-refractivity contribution >= 4 is 10.9 Å². The minimum Gasteiger partial charge on any atom is -1.00 e. The van der Waals surface area contributed by atoms with Gasteiger partial charge < -0.3 is 42.3 Å². The first-order valence-electron chi connectivity index (χ1n) is 3.40. The Morgan fingerprint density at radius 1 is 0.933 bits per heavy atom. The van der Waals surface area contributed by atoms with Crippen LogP contribution in [-0.4, -0.2) is 10.1 Å². The Balaban J connectivity index is -0.000000360. The molecule has 0 aliphatic rings. The largest absolute Gasteiger partial charge is 3.00 e. The standard InChI is InChI=1S/C9H7NO.3ClH.Ti/c11-9-5-1-4-8-7(9)3-2-6-10-8;;;;/h1-6,11H;3*1H;/q;;;;+3/p-3. The van der Waals surface area contributed by atoms with Crippen LogP contribution >= 0.6 is 0 Å². The van der Waals surface area contributed by atoms with E-state index in [0.717, 1.165) is 10.9 Å². The van der Waals surface area contributed by atoms with Gasteiger partial charge in [-0.25, -0.2) is 0 Å². The third-order valence-corrected chi connectivity index (χ3v) is 1.62. The number of fused-ring (bicyclic) bond motifs is 1. The zero-order valence-electron chi connectivity index (χ0n) is 7.49. The second kappa shape index (κ2) is 9.26. The third-order valence-electron chi connectivity index (χ3n) is 1.62. The summed E-state index contributed by atoms with van der Waals surface area (Å²) in [6, 6.07) is 8.96. The Hall–Kier alpha value is 0.0143. The van der Waals surface area contributed by atoms with Crippen LogP contribution in [0.15, 0.2) is 36.5 Å². The number of hydrogen-bond donors (Lipinski definition) is 1. The number of hydrogen-bond acceptors (Lipinski definition) is 2. The van der Waals surface area contributed by atoms with E-state index < -0.39 is 0 Å². The van der Waals surface area contributed by atoms with Gasteiger partial charge in [0, 0.05) is 11.6 Å². The van der Waals surface area contributed by atoms with E-state index >= 15 is 0 Å². The Bertz CT molecular complexity index is 395. The van der Waals surface area contributed by atoms with E-state index in [1.165, 1.54) is 0 Å². The van der Waals surface area contributed by atoms with Crippen molar-refractivity contribution in [1.29, 1.82) is 0 Å². The zero-order valence-corrected chi connectivity index (χ0v) is 11.3. The minimum absolute atomic E-state index is 0. The summed E-state index contributed by atoms with van der Waals surface area (Å²) in [6.07, 6.45) is 1.71. The van der Waals surface area contributed by atoms with E-state index in [1.54, 1.807) is 18.3 Å². The van der Waals surface area contributed by atoms with E-state index in [1.807, 2.05) is 18.2 Å². The summed E-state index contributed by atoms with van der Waals surface area (Å²) in [6.45, 7) is 0. The van der Waals surface area contributed by atoms with Crippen LogP contribution in [-0.2, 0) is 21.7 Å². The molecule has 0 saturated carbocycles. The van der Waals surface area contributed by atoms with Crippen molar-refractivity contribution in [3.8, 4) is 5.75 Å². The summed E-state index contributed by atoms with van der Waals surface area (Å²) in [7, 11) is 0. The molecule has 0 unspecified atom stereocenters. The quantitative estimate of drug-likeness (QED) is 0.491. The fraction of sp³-hybridized carbons (Fsp3) is 0. The molecule has 0 atom stereocenters. The average Bonchev–Trinajstić information content (AvgIpc) is 2.06. The maximum atomic E-state index is 9.33. The van der Waals surface area contributed by atoms with Crippen LogP contribution in [0.5, 0.6) is 5.75 Å². The molecular formula is C9H7Cl3NOTi. The van der Waals surface area contributed by atoms with Crippen molar-refractivity contribution in [2.75, 3.05) is 0 Å². The first kappa shape index (κ1) is 20.4. The summed E-state index contributed by atoms with van der Waals surface area (Å²) in [5.41, 5.74) is 0.826. The summed E-state index contributed by atoms with van der Waals surface area (Å²) in [4.78, 5) is 4.08. The van der Waals surface area contributed by atoms with Crippen LogP contribution in [0.25, 0.3) is 10.9 Å². The van der Waals surface area contributed by atoms with Gasteiger partial charge >= 0.3 is 21.7 Å². The van der Waals surface area contributed by atoms with E-state index in [9.17, 15) is 5.11 Å². The molecule has 1 radical (unpaired) electrons. The Kier molecular flexibility index (Phi) is 12.6. The van der Waals surface area contributed by atoms with E-state index in [-0.39, 0.29) is 64.7 Å². The molecule has 1 aromatic heterocycles. The van der Waals surface area contributed by atoms with Crippen molar-refractivity contribution in [2.24, 2.45) is 0 Å². The molecule has 0 saturated heterocycles.